The van der Waals surface area contributed by atoms with E-state index < -0.39 is 0 Å². The van der Waals surface area contributed by atoms with Gasteiger partial charge in [-0.15, -0.1) is 0 Å². The summed E-state index contributed by atoms with van der Waals surface area (Å²) in [7, 11) is 0. The standard InChI is InChI=1S/C15H16N6O/c1-11-7-14(21-13(18-11)4-6-17-21)19-8-12(9-19)10-20-15(22)3-2-5-16-20/h2-7,12H,8-10H2,1H3. The molecule has 112 valence electrons. The predicted molar refractivity (Wildman–Crippen MR) is 81.9 cm³/mol. The second kappa shape index (κ2) is 4.94. The fourth-order valence-electron chi connectivity index (χ4n) is 2.89. The Bertz CT molecular complexity index is 877. The minimum atomic E-state index is -0.0461. The molecule has 0 unspecified atom stereocenters. The lowest BCUT2D eigenvalue weighted by molar-refractivity contribution is 0.331. The molecular formula is C15H16N6O. The molecule has 1 aliphatic rings. The largest absolute Gasteiger partial charge is 0.356 e. The van der Waals surface area contributed by atoms with E-state index in [4.69, 9.17) is 0 Å². The molecule has 1 saturated heterocycles. The Balaban J connectivity index is 1.52. The highest BCUT2D eigenvalue weighted by atomic mass is 16.1. The smallest absolute Gasteiger partial charge is 0.266 e. The fourth-order valence-corrected chi connectivity index (χ4v) is 2.89. The van der Waals surface area contributed by atoms with Crippen LogP contribution in [0, 0.1) is 12.8 Å². The number of anilines is 1. The number of nitrogens with zero attached hydrogens (tertiary/aromatic N) is 6. The van der Waals surface area contributed by atoms with Crippen LogP contribution in [0.4, 0.5) is 5.82 Å². The van der Waals surface area contributed by atoms with Crippen LogP contribution in [-0.4, -0.2) is 37.5 Å². The molecule has 0 bridgehead atoms. The van der Waals surface area contributed by atoms with E-state index in [0.29, 0.717) is 12.5 Å². The lowest BCUT2D eigenvalue weighted by atomic mass is 10.0. The van der Waals surface area contributed by atoms with Gasteiger partial charge in [0.05, 0.1) is 12.7 Å². The Morgan fingerprint density at radius 2 is 2.09 bits per heavy atom. The number of hydrogen-bond acceptors (Lipinski definition) is 5. The number of rotatable bonds is 3. The minimum absolute atomic E-state index is 0.0461. The van der Waals surface area contributed by atoms with Crippen molar-refractivity contribution in [2.75, 3.05) is 18.0 Å². The Hall–Kier alpha value is -2.70. The molecule has 1 aliphatic heterocycles. The summed E-state index contributed by atoms with van der Waals surface area (Å²) in [5, 5.41) is 8.44. The summed E-state index contributed by atoms with van der Waals surface area (Å²) in [6, 6.07) is 7.16. The van der Waals surface area contributed by atoms with Crippen LogP contribution < -0.4 is 10.5 Å². The van der Waals surface area contributed by atoms with E-state index in [2.05, 4.69) is 20.1 Å². The second-order valence-corrected chi connectivity index (χ2v) is 5.67. The van der Waals surface area contributed by atoms with Gasteiger partial charge in [0.2, 0.25) is 0 Å². The molecule has 0 aromatic carbocycles. The third kappa shape index (κ3) is 2.14. The summed E-state index contributed by atoms with van der Waals surface area (Å²) in [5.74, 6) is 1.48. The summed E-state index contributed by atoms with van der Waals surface area (Å²) < 4.78 is 3.39. The number of hydrogen-bond donors (Lipinski definition) is 0. The lowest BCUT2D eigenvalue weighted by Gasteiger charge is -2.40. The molecule has 4 heterocycles. The van der Waals surface area contributed by atoms with Crippen molar-refractivity contribution in [1.29, 1.82) is 0 Å². The van der Waals surface area contributed by atoms with Crippen LogP contribution in [0.1, 0.15) is 5.69 Å². The molecule has 4 rings (SSSR count). The van der Waals surface area contributed by atoms with Crippen LogP contribution in [0.2, 0.25) is 0 Å². The van der Waals surface area contributed by atoms with E-state index in [1.165, 1.54) is 4.68 Å². The Morgan fingerprint density at radius 1 is 1.23 bits per heavy atom. The lowest BCUT2D eigenvalue weighted by Crippen LogP contribution is -2.50. The van der Waals surface area contributed by atoms with Crippen LogP contribution in [0.25, 0.3) is 5.65 Å². The van der Waals surface area contributed by atoms with Crippen molar-refractivity contribution in [3.05, 3.63) is 52.7 Å². The van der Waals surface area contributed by atoms with E-state index >= 15 is 0 Å². The SMILES string of the molecule is Cc1cc(N2CC(Cn3ncccc3=O)C2)n2nccc2n1. The van der Waals surface area contributed by atoms with E-state index in [9.17, 15) is 4.79 Å². The molecule has 7 nitrogen and oxygen atoms in total. The maximum Gasteiger partial charge on any atom is 0.266 e. The van der Waals surface area contributed by atoms with Gasteiger partial charge in [-0.3, -0.25) is 4.79 Å². The summed E-state index contributed by atoms with van der Waals surface area (Å²) in [5.41, 5.74) is 1.79. The third-order valence-corrected chi connectivity index (χ3v) is 3.97. The average Bonchev–Trinajstić information content (AvgIpc) is 2.91. The van der Waals surface area contributed by atoms with Crippen LogP contribution in [0.3, 0.4) is 0 Å². The first kappa shape index (κ1) is 13.0. The highest BCUT2D eigenvalue weighted by Gasteiger charge is 2.29. The second-order valence-electron chi connectivity index (χ2n) is 5.67. The van der Waals surface area contributed by atoms with Crippen LogP contribution in [-0.2, 0) is 6.54 Å². The molecule has 0 amide bonds. The number of aryl methyl sites for hydroxylation is 1. The Labute approximate surface area is 126 Å². The van der Waals surface area contributed by atoms with Gasteiger partial charge in [-0.2, -0.15) is 14.7 Å². The molecule has 0 radical (unpaired) electrons. The molecule has 0 spiro atoms. The van der Waals surface area contributed by atoms with Gasteiger partial charge in [0.15, 0.2) is 5.65 Å². The van der Waals surface area contributed by atoms with Gasteiger partial charge in [-0.05, 0) is 13.0 Å². The predicted octanol–water partition coefficient (Wildman–Crippen LogP) is 0.731. The van der Waals surface area contributed by atoms with Crippen molar-refractivity contribution in [3.8, 4) is 0 Å². The fraction of sp³-hybridized carbons (Fsp3) is 0.333. The maximum atomic E-state index is 11.7. The van der Waals surface area contributed by atoms with Crippen molar-refractivity contribution < 1.29 is 0 Å². The number of fused-ring (bicyclic) bond motifs is 1. The van der Waals surface area contributed by atoms with Crippen LogP contribution in [0.5, 0.6) is 0 Å². The van der Waals surface area contributed by atoms with Gasteiger partial charge in [-0.1, -0.05) is 0 Å². The summed E-state index contributed by atoms with van der Waals surface area (Å²) >= 11 is 0. The Kier molecular flexibility index (Phi) is 2.92. The maximum absolute atomic E-state index is 11.7. The van der Waals surface area contributed by atoms with E-state index in [1.54, 1.807) is 24.5 Å². The van der Waals surface area contributed by atoms with Gasteiger partial charge in [0, 0.05) is 49.1 Å². The monoisotopic (exact) mass is 296 g/mol. The van der Waals surface area contributed by atoms with Crippen molar-refractivity contribution >= 4 is 11.5 Å². The van der Waals surface area contributed by atoms with Crippen molar-refractivity contribution in [3.63, 3.8) is 0 Å². The first-order valence-electron chi connectivity index (χ1n) is 7.29. The van der Waals surface area contributed by atoms with Gasteiger partial charge in [0.25, 0.3) is 5.56 Å². The highest BCUT2D eigenvalue weighted by Crippen LogP contribution is 2.26. The summed E-state index contributed by atoms with van der Waals surface area (Å²) in [6.45, 7) is 4.42. The first-order chi connectivity index (χ1) is 10.7. The van der Waals surface area contributed by atoms with E-state index in [-0.39, 0.29) is 5.56 Å². The van der Waals surface area contributed by atoms with Gasteiger partial charge < -0.3 is 4.90 Å². The third-order valence-electron chi connectivity index (χ3n) is 3.97. The average molecular weight is 296 g/mol. The quantitative estimate of drug-likeness (QED) is 0.713. The molecule has 22 heavy (non-hydrogen) atoms. The molecular weight excluding hydrogens is 280 g/mol. The molecule has 0 N–H and O–H groups in total. The minimum Gasteiger partial charge on any atom is -0.356 e. The van der Waals surface area contributed by atoms with Gasteiger partial charge in [0.1, 0.15) is 5.82 Å². The zero-order chi connectivity index (χ0) is 15.1. The molecule has 0 saturated carbocycles. The first-order valence-corrected chi connectivity index (χ1v) is 7.29. The Morgan fingerprint density at radius 3 is 2.91 bits per heavy atom. The van der Waals surface area contributed by atoms with Crippen molar-refractivity contribution in [2.24, 2.45) is 5.92 Å². The molecule has 7 heteroatoms. The molecule has 0 aliphatic carbocycles. The summed E-state index contributed by atoms with van der Waals surface area (Å²) in [6.07, 6.45) is 3.41. The molecule has 3 aromatic rings. The van der Waals surface area contributed by atoms with Gasteiger partial charge >= 0.3 is 0 Å². The van der Waals surface area contributed by atoms with Gasteiger partial charge in [-0.25, -0.2) is 9.67 Å². The molecule has 0 atom stereocenters. The zero-order valence-corrected chi connectivity index (χ0v) is 12.3. The van der Waals surface area contributed by atoms with Crippen LogP contribution in [0.15, 0.2) is 41.5 Å². The van der Waals surface area contributed by atoms with E-state index in [0.717, 1.165) is 30.2 Å². The molecule has 3 aromatic heterocycles. The molecule has 1 fully saturated rings. The van der Waals surface area contributed by atoms with Crippen molar-refractivity contribution in [2.45, 2.75) is 13.5 Å². The summed E-state index contributed by atoms with van der Waals surface area (Å²) in [4.78, 5) is 18.4. The highest BCUT2D eigenvalue weighted by molar-refractivity contribution is 5.52. The van der Waals surface area contributed by atoms with E-state index in [1.807, 2.05) is 23.6 Å². The van der Waals surface area contributed by atoms with Crippen molar-refractivity contribution in [1.82, 2.24) is 24.4 Å². The van der Waals surface area contributed by atoms with Crippen LogP contribution >= 0.6 is 0 Å². The normalized spacial score (nSPS) is 15.2. The number of aromatic nitrogens is 5. The zero-order valence-electron chi connectivity index (χ0n) is 12.3. The topological polar surface area (TPSA) is 68.3 Å².